The molecule has 0 unspecified atom stereocenters. The monoisotopic (exact) mass is 372 g/mol. The summed E-state index contributed by atoms with van der Waals surface area (Å²) in [7, 11) is 0. The maximum Gasteiger partial charge on any atom is 0.408 e. The van der Waals surface area contributed by atoms with E-state index in [2.05, 4.69) is 14.8 Å². The van der Waals surface area contributed by atoms with Crippen LogP contribution in [-0.2, 0) is 0 Å². The van der Waals surface area contributed by atoms with E-state index < -0.39 is 18.0 Å². The van der Waals surface area contributed by atoms with E-state index in [4.69, 9.17) is 0 Å². The molecule has 0 aliphatic heterocycles. The van der Waals surface area contributed by atoms with Crippen molar-refractivity contribution in [1.29, 1.82) is 0 Å². The molecule has 25 heavy (non-hydrogen) atoms. The molecule has 1 atom stereocenters. The number of aromatic nitrogens is 3. The first-order valence-electron chi connectivity index (χ1n) is 7.48. The molecular weight excluding hydrogens is 356 g/mol. The van der Waals surface area contributed by atoms with Crippen LogP contribution in [0.1, 0.15) is 25.5 Å². The summed E-state index contributed by atoms with van der Waals surface area (Å²) < 4.78 is 56.4. The lowest BCUT2D eigenvalue weighted by Crippen LogP contribution is -2.30. The molecule has 0 amide bonds. The van der Waals surface area contributed by atoms with Crippen molar-refractivity contribution in [2.45, 2.75) is 31.1 Å². The second-order valence-electron chi connectivity index (χ2n) is 4.64. The van der Waals surface area contributed by atoms with E-state index in [0.29, 0.717) is 10.7 Å². The van der Waals surface area contributed by atoms with Gasteiger partial charge >= 0.3 is 6.18 Å². The lowest BCUT2D eigenvalue weighted by atomic mass is 10.1. The summed E-state index contributed by atoms with van der Waals surface area (Å²) in [5.41, 5.74) is 0.454. The highest BCUT2D eigenvalue weighted by molar-refractivity contribution is 7.97. The number of hydrogen-bond donors (Lipinski definition) is 1. The van der Waals surface area contributed by atoms with Crippen molar-refractivity contribution in [3.05, 3.63) is 60.2 Å². The molecule has 4 nitrogen and oxygen atoms in total. The Morgan fingerprint density at radius 1 is 1.12 bits per heavy atom. The van der Waals surface area contributed by atoms with E-state index in [-0.39, 0.29) is 5.56 Å². The van der Waals surface area contributed by atoms with E-state index in [1.165, 1.54) is 16.9 Å². The van der Waals surface area contributed by atoms with Gasteiger partial charge in [-0.3, -0.25) is 0 Å². The lowest BCUT2D eigenvalue weighted by Gasteiger charge is -2.21. The summed E-state index contributed by atoms with van der Waals surface area (Å²) in [6.07, 6.45) is -1.59. The first-order chi connectivity index (χ1) is 11.9. The zero-order chi connectivity index (χ0) is 18.4. The van der Waals surface area contributed by atoms with Crippen LogP contribution in [-0.4, -0.2) is 20.8 Å². The molecule has 9 heteroatoms. The Hall–Kier alpha value is -2.13. The van der Waals surface area contributed by atoms with Crippen molar-refractivity contribution in [3.8, 4) is 0 Å². The molecule has 134 valence electrons. The molecule has 0 fully saturated rings. The standard InChI is InChI=1S/C14H10F4N4S.C2H6/c15-10-5-3-9(4-6-10)13(14(16,17)18)21-23-12-8-19-11-2-1-7-20-22(11)12;1-2/h1-8,13,21H;1-2H3/t13-;/m1./s1. The zero-order valence-corrected chi connectivity index (χ0v) is 14.3. The molecule has 2 aromatic heterocycles. The fourth-order valence-corrected chi connectivity index (χ4v) is 2.82. The van der Waals surface area contributed by atoms with Crippen LogP contribution in [0.2, 0.25) is 0 Å². The van der Waals surface area contributed by atoms with Crippen molar-refractivity contribution >= 4 is 17.6 Å². The maximum atomic E-state index is 13.2. The molecule has 3 aromatic rings. The fourth-order valence-electron chi connectivity index (χ4n) is 1.98. The Bertz CT molecular complexity index is 802. The van der Waals surface area contributed by atoms with E-state index in [9.17, 15) is 17.6 Å². The number of hydrogen-bond acceptors (Lipinski definition) is 4. The highest BCUT2D eigenvalue weighted by atomic mass is 32.2. The van der Waals surface area contributed by atoms with Gasteiger partial charge in [-0.05, 0) is 41.8 Å². The quantitative estimate of drug-likeness (QED) is 0.528. The summed E-state index contributed by atoms with van der Waals surface area (Å²) in [6, 6.07) is 5.63. The Kier molecular flexibility index (Phi) is 6.38. The van der Waals surface area contributed by atoms with Gasteiger partial charge in [-0.2, -0.15) is 18.3 Å². The van der Waals surface area contributed by atoms with E-state index in [1.54, 1.807) is 12.1 Å². The van der Waals surface area contributed by atoms with E-state index >= 15 is 0 Å². The third kappa shape index (κ3) is 4.70. The minimum atomic E-state index is -4.53. The smallest absolute Gasteiger partial charge is 0.242 e. The fraction of sp³-hybridized carbons (Fsp3) is 0.250. The normalized spacial score (nSPS) is 12.6. The number of alkyl halides is 3. The van der Waals surface area contributed by atoms with Gasteiger partial charge in [0.25, 0.3) is 0 Å². The van der Waals surface area contributed by atoms with Crippen LogP contribution < -0.4 is 4.72 Å². The van der Waals surface area contributed by atoms with Gasteiger partial charge in [0.15, 0.2) is 5.65 Å². The average Bonchev–Trinajstić information content (AvgIpc) is 3.01. The van der Waals surface area contributed by atoms with Gasteiger partial charge in [-0.15, -0.1) is 0 Å². The largest absolute Gasteiger partial charge is 0.408 e. The number of fused-ring (bicyclic) bond motifs is 1. The predicted molar refractivity (Wildman–Crippen MR) is 88.5 cm³/mol. The molecule has 0 saturated heterocycles. The topological polar surface area (TPSA) is 42.2 Å². The first-order valence-corrected chi connectivity index (χ1v) is 8.30. The van der Waals surface area contributed by atoms with Crippen LogP contribution in [0.25, 0.3) is 5.65 Å². The van der Waals surface area contributed by atoms with Crippen LogP contribution >= 0.6 is 11.9 Å². The minimum Gasteiger partial charge on any atom is -0.242 e. The third-order valence-corrected chi connectivity index (χ3v) is 3.90. The molecule has 1 aromatic carbocycles. The second kappa shape index (κ2) is 8.30. The van der Waals surface area contributed by atoms with Gasteiger partial charge in [0.2, 0.25) is 0 Å². The molecule has 0 saturated carbocycles. The molecule has 2 heterocycles. The number of rotatable bonds is 4. The molecule has 0 radical (unpaired) electrons. The Morgan fingerprint density at radius 2 is 1.80 bits per heavy atom. The number of nitrogens with one attached hydrogen (secondary N) is 1. The lowest BCUT2D eigenvalue weighted by molar-refractivity contribution is -0.152. The molecule has 0 aliphatic carbocycles. The SMILES string of the molecule is CC.Fc1ccc([C@@H](NSc2cnc3cccnn23)C(F)(F)F)cc1. The van der Waals surface area contributed by atoms with E-state index in [1.807, 2.05) is 13.8 Å². The first kappa shape index (κ1) is 19.2. The summed E-state index contributed by atoms with van der Waals surface area (Å²) >= 11 is 0.765. The molecule has 3 rings (SSSR count). The van der Waals surface area contributed by atoms with Crippen molar-refractivity contribution in [2.24, 2.45) is 0 Å². The van der Waals surface area contributed by atoms with Gasteiger partial charge in [-0.25, -0.2) is 18.6 Å². The summed E-state index contributed by atoms with van der Waals surface area (Å²) in [5.74, 6) is -0.590. The Labute approximate surface area is 146 Å². The number of imidazole rings is 1. The van der Waals surface area contributed by atoms with Crippen molar-refractivity contribution < 1.29 is 17.6 Å². The summed E-state index contributed by atoms with van der Waals surface area (Å²) in [6.45, 7) is 4.00. The summed E-state index contributed by atoms with van der Waals surface area (Å²) in [5, 5.41) is 4.44. The van der Waals surface area contributed by atoms with Crippen molar-refractivity contribution in [1.82, 2.24) is 19.3 Å². The molecular formula is C16H16F4N4S. The second-order valence-corrected chi connectivity index (χ2v) is 5.49. The maximum absolute atomic E-state index is 13.2. The number of halogens is 4. The Morgan fingerprint density at radius 3 is 2.44 bits per heavy atom. The van der Waals surface area contributed by atoms with Crippen LogP contribution in [0.4, 0.5) is 17.6 Å². The number of nitrogens with zero attached hydrogens (tertiary/aromatic N) is 3. The zero-order valence-electron chi connectivity index (χ0n) is 13.5. The van der Waals surface area contributed by atoms with Crippen molar-refractivity contribution in [2.75, 3.05) is 0 Å². The summed E-state index contributed by atoms with van der Waals surface area (Å²) in [4.78, 5) is 4.05. The van der Waals surface area contributed by atoms with Gasteiger partial charge in [0.05, 0.1) is 6.20 Å². The minimum absolute atomic E-state index is 0.0758. The third-order valence-electron chi connectivity index (χ3n) is 3.06. The molecule has 0 bridgehead atoms. The van der Waals surface area contributed by atoms with Crippen LogP contribution in [0.3, 0.4) is 0 Å². The van der Waals surface area contributed by atoms with Crippen LogP contribution in [0, 0.1) is 5.82 Å². The highest BCUT2D eigenvalue weighted by Crippen LogP contribution is 2.35. The molecule has 0 spiro atoms. The average molecular weight is 372 g/mol. The van der Waals surface area contributed by atoms with Gasteiger partial charge in [-0.1, -0.05) is 26.0 Å². The van der Waals surface area contributed by atoms with Gasteiger partial charge in [0, 0.05) is 6.20 Å². The van der Waals surface area contributed by atoms with Gasteiger partial charge < -0.3 is 0 Å². The molecule has 0 aliphatic rings. The molecule has 1 N–H and O–H groups in total. The Balaban J connectivity index is 0.00000109. The van der Waals surface area contributed by atoms with Crippen LogP contribution in [0.5, 0.6) is 0 Å². The van der Waals surface area contributed by atoms with Gasteiger partial charge in [0.1, 0.15) is 16.9 Å². The van der Waals surface area contributed by atoms with E-state index in [0.717, 1.165) is 36.2 Å². The predicted octanol–water partition coefficient (Wildman–Crippen LogP) is 4.79. The van der Waals surface area contributed by atoms with Crippen molar-refractivity contribution in [3.63, 3.8) is 0 Å². The van der Waals surface area contributed by atoms with Crippen LogP contribution in [0.15, 0.2) is 53.8 Å². The highest BCUT2D eigenvalue weighted by Gasteiger charge is 2.41. The number of benzene rings is 1.